The Balaban J connectivity index is 3.66. The van der Waals surface area contributed by atoms with Gasteiger partial charge in [0.25, 0.3) is 5.69 Å². The first-order chi connectivity index (χ1) is 8.81. The average molecular weight is 288 g/mol. The van der Waals surface area contributed by atoms with Gasteiger partial charge in [-0.25, -0.2) is 0 Å². The summed E-state index contributed by atoms with van der Waals surface area (Å²) in [4.78, 5) is 22.5. The van der Waals surface area contributed by atoms with Crippen LogP contribution in [0, 0.1) is 34.1 Å². The summed E-state index contributed by atoms with van der Waals surface area (Å²) in [5, 5.41) is 22.3. The minimum atomic E-state index is -0.612. The van der Waals surface area contributed by atoms with Crippen LogP contribution >= 0.6 is 11.6 Å². The van der Waals surface area contributed by atoms with Crippen LogP contribution in [-0.2, 0) is 0 Å². The number of hydrogen-bond donors (Lipinski definition) is 0. The molecule has 1 aromatic carbocycles. The van der Waals surface area contributed by atoms with Gasteiger partial charge in [-0.15, -0.1) is 11.6 Å². The highest BCUT2D eigenvalue weighted by Crippen LogP contribution is 2.40. The Labute approximate surface area is 115 Å². The molecular formula is C11H14ClN3O4. The van der Waals surface area contributed by atoms with E-state index in [1.807, 2.05) is 0 Å². The quantitative estimate of drug-likeness (QED) is 0.472. The van der Waals surface area contributed by atoms with Gasteiger partial charge in [0.1, 0.15) is 0 Å². The lowest BCUT2D eigenvalue weighted by Gasteiger charge is -2.19. The van der Waals surface area contributed by atoms with E-state index >= 15 is 0 Å². The van der Waals surface area contributed by atoms with E-state index in [9.17, 15) is 20.2 Å². The van der Waals surface area contributed by atoms with Gasteiger partial charge in [-0.1, -0.05) is 0 Å². The van der Waals surface area contributed by atoms with Crippen LogP contribution in [0.5, 0.6) is 0 Å². The van der Waals surface area contributed by atoms with Crippen LogP contribution in [0.3, 0.4) is 0 Å². The van der Waals surface area contributed by atoms with Gasteiger partial charge in [0.05, 0.1) is 9.85 Å². The topological polar surface area (TPSA) is 89.5 Å². The summed E-state index contributed by atoms with van der Waals surface area (Å²) in [6, 6.07) is 1.35. The van der Waals surface area contributed by atoms with Crippen molar-refractivity contribution in [3.8, 4) is 0 Å². The Kier molecular flexibility index (Phi) is 4.66. The molecule has 0 bridgehead atoms. The first-order valence-electron chi connectivity index (χ1n) is 5.51. The molecule has 0 heterocycles. The van der Waals surface area contributed by atoms with Gasteiger partial charge < -0.3 is 4.90 Å². The molecule has 0 saturated carbocycles. The van der Waals surface area contributed by atoms with Gasteiger partial charge in [-0.05, 0) is 19.4 Å². The number of nitro benzene ring substituents is 2. The summed E-state index contributed by atoms with van der Waals surface area (Å²) in [5.74, 6) is 0.220. The molecule has 0 aromatic heterocycles. The van der Waals surface area contributed by atoms with Crippen molar-refractivity contribution in [2.45, 2.75) is 13.8 Å². The van der Waals surface area contributed by atoms with Crippen molar-refractivity contribution in [3.63, 3.8) is 0 Å². The van der Waals surface area contributed by atoms with Gasteiger partial charge >= 0.3 is 5.69 Å². The molecule has 8 heteroatoms. The molecule has 0 radical (unpaired) electrons. The van der Waals surface area contributed by atoms with Crippen molar-refractivity contribution in [2.24, 2.45) is 0 Å². The van der Waals surface area contributed by atoms with E-state index in [0.717, 1.165) is 0 Å². The molecule has 0 N–H and O–H groups in total. The summed E-state index contributed by atoms with van der Waals surface area (Å²) in [6.45, 7) is 3.47. The number of rotatable bonds is 5. The molecule has 0 fully saturated rings. The zero-order valence-electron chi connectivity index (χ0n) is 10.8. The van der Waals surface area contributed by atoms with Gasteiger partial charge in [0.15, 0.2) is 5.69 Å². The van der Waals surface area contributed by atoms with E-state index in [2.05, 4.69) is 0 Å². The van der Waals surface area contributed by atoms with E-state index < -0.39 is 9.85 Å². The lowest BCUT2D eigenvalue weighted by atomic mass is 10.0. The number of aryl methyl sites for hydroxylation is 1. The molecule has 0 aliphatic rings. The second-order valence-corrected chi connectivity index (χ2v) is 4.54. The lowest BCUT2D eigenvalue weighted by molar-refractivity contribution is -0.393. The Morgan fingerprint density at radius 1 is 1.26 bits per heavy atom. The minimum absolute atomic E-state index is 0.00116. The molecule has 7 nitrogen and oxygen atoms in total. The number of benzene rings is 1. The molecule has 0 amide bonds. The molecule has 19 heavy (non-hydrogen) atoms. The Bertz CT molecular complexity index is 533. The van der Waals surface area contributed by atoms with Crippen molar-refractivity contribution in [3.05, 3.63) is 37.4 Å². The fraction of sp³-hybridized carbons (Fsp3) is 0.455. The molecule has 0 spiro atoms. The molecule has 104 valence electrons. The van der Waals surface area contributed by atoms with Gasteiger partial charge in [-0.3, -0.25) is 20.2 Å². The third-order valence-corrected chi connectivity index (χ3v) is 3.12. The molecular weight excluding hydrogens is 274 g/mol. The second kappa shape index (κ2) is 5.83. The highest BCUT2D eigenvalue weighted by Gasteiger charge is 2.31. The summed E-state index contributed by atoms with van der Waals surface area (Å²) in [6.07, 6.45) is 0. The lowest BCUT2D eigenvalue weighted by Crippen LogP contribution is -2.22. The molecule has 1 aromatic rings. The highest BCUT2D eigenvalue weighted by molar-refractivity contribution is 6.18. The third kappa shape index (κ3) is 2.93. The number of halogens is 1. The molecule has 1 rings (SSSR count). The average Bonchev–Trinajstić information content (AvgIpc) is 2.31. The van der Waals surface area contributed by atoms with E-state index in [1.54, 1.807) is 20.9 Å². The van der Waals surface area contributed by atoms with Crippen LogP contribution in [0.4, 0.5) is 17.1 Å². The van der Waals surface area contributed by atoms with Crippen molar-refractivity contribution >= 4 is 28.7 Å². The second-order valence-electron chi connectivity index (χ2n) is 4.16. The normalized spacial score (nSPS) is 10.3. The van der Waals surface area contributed by atoms with E-state index in [0.29, 0.717) is 11.1 Å². The third-order valence-electron chi connectivity index (χ3n) is 2.95. The molecule has 0 atom stereocenters. The number of hydrogen-bond acceptors (Lipinski definition) is 5. The number of nitro groups is 2. The van der Waals surface area contributed by atoms with E-state index in [1.165, 1.54) is 11.0 Å². The zero-order chi connectivity index (χ0) is 14.7. The van der Waals surface area contributed by atoms with E-state index in [4.69, 9.17) is 11.6 Å². The largest absolute Gasteiger partial charge is 0.362 e. The van der Waals surface area contributed by atoms with Crippen molar-refractivity contribution in [2.75, 3.05) is 24.4 Å². The number of anilines is 1. The standard InChI is InChI=1S/C11H14ClN3O4/c1-7-6-9(14(16)17)11(13(3)5-4-12)10(8(7)2)15(18)19/h6H,4-5H2,1-3H3. The van der Waals surface area contributed by atoms with Gasteiger partial charge in [-0.2, -0.15) is 0 Å². The summed E-state index contributed by atoms with van der Waals surface area (Å²) in [7, 11) is 1.55. The summed E-state index contributed by atoms with van der Waals surface area (Å²) >= 11 is 5.60. The predicted molar refractivity (Wildman–Crippen MR) is 73.2 cm³/mol. The van der Waals surface area contributed by atoms with Crippen LogP contribution in [0.1, 0.15) is 11.1 Å². The Hall–Kier alpha value is -1.89. The minimum Gasteiger partial charge on any atom is -0.362 e. The van der Waals surface area contributed by atoms with Crippen LogP contribution in [-0.4, -0.2) is 29.3 Å². The van der Waals surface area contributed by atoms with Crippen LogP contribution in [0.2, 0.25) is 0 Å². The van der Waals surface area contributed by atoms with Crippen LogP contribution in [0.15, 0.2) is 6.07 Å². The first-order valence-corrected chi connectivity index (χ1v) is 6.04. The smallest absolute Gasteiger partial charge is 0.302 e. The van der Waals surface area contributed by atoms with Crippen molar-refractivity contribution < 1.29 is 9.85 Å². The molecule has 0 saturated heterocycles. The van der Waals surface area contributed by atoms with Crippen molar-refractivity contribution in [1.82, 2.24) is 0 Å². The fourth-order valence-electron chi connectivity index (χ4n) is 1.84. The number of nitrogens with zero attached hydrogens (tertiary/aromatic N) is 3. The zero-order valence-corrected chi connectivity index (χ0v) is 11.6. The maximum Gasteiger partial charge on any atom is 0.302 e. The van der Waals surface area contributed by atoms with Crippen LogP contribution in [0.25, 0.3) is 0 Å². The van der Waals surface area contributed by atoms with Gasteiger partial charge in [0.2, 0.25) is 0 Å². The first kappa shape index (κ1) is 15.2. The molecule has 0 aliphatic heterocycles. The van der Waals surface area contributed by atoms with Crippen molar-refractivity contribution in [1.29, 1.82) is 0 Å². The van der Waals surface area contributed by atoms with Gasteiger partial charge in [0, 0.05) is 31.1 Å². The Morgan fingerprint density at radius 3 is 2.26 bits per heavy atom. The maximum atomic E-state index is 11.2. The molecule has 0 aliphatic carbocycles. The fourth-order valence-corrected chi connectivity index (χ4v) is 2.10. The SMILES string of the molecule is Cc1cc([N+](=O)[O-])c(N(C)CCCl)c([N+](=O)[O-])c1C. The molecule has 0 unspecified atom stereocenters. The van der Waals surface area contributed by atoms with E-state index in [-0.39, 0.29) is 29.5 Å². The predicted octanol–water partition coefficient (Wildman–Crippen LogP) is 2.79. The highest BCUT2D eigenvalue weighted by atomic mass is 35.5. The number of alkyl halides is 1. The van der Waals surface area contributed by atoms with Crippen LogP contribution < -0.4 is 4.90 Å². The Morgan fingerprint density at radius 2 is 1.84 bits per heavy atom. The monoisotopic (exact) mass is 287 g/mol. The maximum absolute atomic E-state index is 11.2. The summed E-state index contributed by atoms with van der Waals surface area (Å²) in [5.41, 5.74) is 0.425. The summed E-state index contributed by atoms with van der Waals surface area (Å²) < 4.78 is 0.